The third-order valence-electron chi connectivity index (χ3n) is 6.18. The van der Waals surface area contributed by atoms with E-state index in [0.29, 0.717) is 45.5 Å². The van der Waals surface area contributed by atoms with Crippen LogP contribution in [-0.2, 0) is 6.54 Å². The van der Waals surface area contributed by atoms with Crippen molar-refractivity contribution in [3.63, 3.8) is 0 Å². The lowest BCUT2D eigenvalue weighted by atomic mass is 9.82. The topological polar surface area (TPSA) is 68.0 Å². The summed E-state index contributed by atoms with van der Waals surface area (Å²) < 4.78 is 16.5. The zero-order chi connectivity index (χ0) is 22.8. The number of aryl methyl sites for hydroxylation is 2. The highest BCUT2D eigenvalue weighted by Gasteiger charge is 2.33. The Kier molecular flexibility index (Phi) is 7.17. The van der Waals surface area contributed by atoms with E-state index >= 15 is 0 Å². The second-order valence-corrected chi connectivity index (χ2v) is 9.65. The van der Waals surface area contributed by atoms with Crippen LogP contribution in [0, 0.1) is 19.8 Å². The molecule has 174 valence electrons. The van der Waals surface area contributed by atoms with Gasteiger partial charge in [0, 0.05) is 38.1 Å². The van der Waals surface area contributed by atoms with Gasteiger partial charge in [-0.25, -0.2) is 4.79 Å². The Balaban J connectivity index is 1.25. The molecule has 1 aromatic heterocycles. The van der Waals surface area contributed by atoms with Gasteiger partial charge in [-0.05, 0) is 63.2 Å². The second kappa shape index (κ2) is 9.89. The van der Waals surface area contributed by atoms with Crippen LogP contribution in [-0.4, -0.2) is 53.8 Å². The van der Waals surface area contributed by atoms with Crippen molar-refractivity contribution >= 4 is 29.3 Å². The molecule has 0 radical (unpaired) electrons. The van der Waals surface area contributed by atoms with Gasteiger partial charge in [0.1, 0.15) is 11.4 Å². The Morgan fingerprint density at radius 1 is 1.22 bits per heavy atom. The van der Waals surface area contributed by atoms with Crippen molar-refractivity contribution in [2.45, 2.75) is 52.2 Å². The predicted molar refractivity (Wildman–Crippen MR) is 123 cm³/mol. The maximum Gasteiger partial charge on any atom is 0.415 e. The summed E-state index contributed by atoms with van der Waals surface area (Å²) in [5.41, 5.74) is 1.60. The summed E-state index contributed by atoms with van der Waals surface area (Å²) in [6.07, 6.45) is 3.79. The van der Waals surface area contributed by atoms with Crippen molar-refractivity contribution in [1.82, 2.24) is 15.0 Å². The van der Waals surface area contributed by atoms with Gasteiger partial charge in [-0.15, -0.1) is 0 Å². The molecule has 2 aromatic rings. The van der Waals surface area contributed by atoms with E-state index in [1.165, 1.54) is 12.8 Å². The quantitative estimate of drug-likeness (QED) is 0.521. The van der Waals surface area contributed by atoms with E-state index in [9.17, 15) is 4.79 Å². The van der Waals surface area contributed by atoms with Gasteiger partial charge in [0.25, 0.3) is 0 Å². The molecule has 0 bridgehead atoms. The van der Waals surface area contributed by atoms with Crippen LogP contribution in [0.2, 0.25) is 10.0 Å². The second-order valence-electron chi connectivity index (χ2n) is 8.84. The number of nitrogens with zero attached hydrogens (tertiary/aromatic N) is 3. The molecule has 0 unspecified atom stereocenters. The van der Waals surface area contributed by atoms with Crippen molar-refractivity contribution in [1.29, 1.82) is 0 Å². The smallest absolute Gasteiger partial charge is 0.415 e. The summed E-state index contributed by atoms with van der Waals surface area (Å²) in [7, 11) is 1.73. The first kappa shape index (κ1) is 23.2. The Bertz CT molecular complexity index is 949. The molecule has 0 atom stereocenters. The fourth-order valence-electron chi connectivity index (χ4n) is 4.31. The zero-order valence-electron chi connectivity index (χ0n) is 18.7. The first-order valence-electron chi connectivity index (χ1n) is 11.0. The van der Waals surface area contributed by atoms with Crippen molar-refractivity contribution in [2.24, 2.45) is 5.92 Å². The van der Waals surface area contributed by atoms with Crippen molar-refractivity contribution in [3.8, 4) is 11.5 Å². The van der Waals surface area contributed by atoms with Gasteiger partial charge in [0.05, 0.1) is 11.1 Å². The van der Waals surface area contributed by atoms with Crippen molar-refractivity contribution in [2.75, 3.05) is 26.7 Å². The minimum absolute atomic E-state index is 0.0602. The normalized spacial score (nSPS) is 20.8. The number of benzene rings is 1. The number of amides is 1. The van der Waals surface area contributed by atoms with Crippen LogP contribution < -0.4 is 9.47 Å². The van der Waals surface area contributed by atoms with Gasteiger partial charge in [0.2, 0.25) is 0 Å². The number of aromatic nitrogens is 1. The molecule has 32 heavy (non-hydrogen) atoms. The predicted octanol–water partition coefficient (Wildman–Crippen LogP) is 5.48. The molecule has 1 amide bonds. The summed E-state index contributed by atoms with van der Waals surface area (Å²) in [5.74, 6) is 1.84. The molecule has 1 aliphatic carbocycles. The molecule has 2 fully saturated rings. The monoisotopic (exact) mass is 481 g/mol. The van der Waals surface area contributed by atoms with E-state index in [-0.39, 0.29) is 6.10 Å². The van der Waals surface area contributed by atoms with Gasteiger partial charge in [-0.3, -0.25) is 4.90 Å². The van der Waals surface area contributed by atoms with Crippen LogP contribution >= 0.6 is 23.2 Å². The lowest BCUT2D eigenvalue weighted by Crippen LogP contribution is -2.42. The number of carbonyl (C=O) groups excluding carboxylic acids is 1. The largest absolute Gasteiger partial charge is 0.489 e. The van der Waals surface area contributed by atoms with E-state index in [1.54, 1.807) is 25.8 Å². The Morgan fingerprint density at radius 2 is 1.94 bits per heavy atom. The van der Waals surface area contributed by atoms with Crippen LogP contribution in [0.15, 0.2) is 16.7 Å². The molecule has 0 spiro atoms. The van der Waals surface area contributed by atoms with Gasteiger partial charge in [-0.2, -0.15) is 0 Å². The number of hydrogen-bond donors (Lipinski definition) is 0. The van der Waals surface area contributed by atoms with Crippen molar-refractivity contribution < 1.29 is 18.8 Å². The molecule has 0 N–H and O–H groups in total. The molecule has 1 saturated heterocycles. The number of carbonyl (C=O) groups is 1. The van der Waals surface area contributed by atoms with E-state index in [4.69, 9.17) is 37.2 Å². The minimum Gasteiger partial charge on any atom is -0.489 e. The van der Waals surface area contributed by atoms with Gasteiger partial charge in [-0.1, -0.05) is 28.4 Å². The van der Waals surface area contributed by atoms with Gasteiger partial charge >= 0.3 is 6.09 Å². The molecule has 1 aromatic carbocycles. The Morgan fingerprint density at radius 3 is 2.59 bits per heavy atom. The first-order chi connectivity index (χ1) is 15.3. The molecule has 1 saturated carbocycles. The van der Waals surface area contributed by atoms with Crippen LogP contribution in [0.1, 0.15) is 42.7 Å². The van der Waals surface area contributed by atoms with E-state index < -0.39 is 6.09 Å². The highest BCUT2D eigenvalue weighted by atomic mass is 35.5. The lowest BCUT2D eigenvalue weighted by molar-refractivity contribution is 0.0484. The summed E-state index contributed by atoms with van der Waals surface area (Å²) >= 11 is 13.0. The number of rotatable bonds is 7. The third kappa shape index (κ3) is 5.33. The first-order valence-corrected chi connectivity index (χ1v) is 11.8. The summed E-state index contributed by atoms with van der Waals surface area (Å²) in [5, 5.41) is 5.08. The fourth-order valence-corrected chi connectivity index (χ4v) is 4.75. The maximum absolute atomic E-state index is 12.4. The van der Waals surface area contributed by atoms with E-state index in [1.807, 2.05) is 12.1 Å². The molecular formula is C23H29Cl2N3O4. The molecule has 1 aliphatic heterocycles. The van der Waals surface area contributed by atoms with Crippen LogP contribution in [0.5, 0.6) is 11.5 Å². The fraction of sp³-hybridized carbons (Fsp3) is 0.565. The SMILES string of the molecule is Cc1noc(C)c1OC(=O)N(C)CC1CC(Oc2cc(Cl)c(CN3CCCC3)cc2Cl)C1. The molecule has 9 heteroatoms. The van der Waals surface area contributed by atoms with E-state index in [2.05, 4.69) is 10.1 Å². The van der Waals surface area contributed by atoms with Crippen LogP contribution in [0.25, 0.3) is 0 Å². The average molecular weight is 482 g/mol. The Labute approximate surface area is 198 Å². The number of likely N-dealkylation sites (tertiary alicyclic amines) is 1. The highest BCUT2D eigenvalue weighted by Crippen LogP contribution is 2.37. The van der Waals surface area contributed by atoms with E-state index in [0.717, 1.165) is 38.0 Å². The number of ether oxygens (including phenoxy) is 2. The maximum atomic E-state index is 12.4. The number of hydrogen-bond acceptors (Lipinski definition) is 6. The van der Waals surface area contributed by atoms with Gasteiger partial charge < -0.3 is 18.9 Å². The molecule has 2 heterocycles. The minimum atomic E-state index is -0.424. The zero-order valence-corrected chi connectivity index (χ0v) is 20.2. The molecule has 2 aliphatic rings. The standard InChI is InChI=1S/C23H29Cl2N3O4/c1-14-22(15(2)32-26-14)31-23(29)27(3)12-16-8-18(9-16)30-21-11-19(24)17(10-20(21)25)13-28-6-4-5-7-28/h10-11,16,18H,4-9,12-13H2,1-3H3. The molecule has 4 rings (SSSR count). The Hall–Kier alpha value is -1.96. The third-order valence-corrected chi connectivity index (χ3v) is 6.83. The summed E-state index contributed by atoms with van der Waals surface area (Å²) in [6, 6.07) is 3.75. The van der Waals surface area contributed by atoms with Crippen molar-refractivity contribution in [3.05, 3.63) is 39.2 Å². The van der Waals surface area contributed by atoms with Gasteiger partial charge in [0.15, 0.2) is 11.5 Å². The molecular weight excluding hydrogens is 453 g/mol. The van der Waals surface area contributed by atoms with Crippen LogP contribution in [0.3, 0.4) is 0 Å². The number of halogens is 2. The molecule has 7 nitrogen and oxygen atoms in total. The summed E-state index contributed by atoms with van der Waals surface area (Å²) in [6.45, 7) is 7.08. The summed E-state index contributed by atoms with van der Waals surface area (Å²) in [4.78, 5) is 16.3. The van der Waals surface area contributed by atoms with Crippen LogP contribution in [0.4, 0.5) is 4.79 Å². The highest BCUT2D eigenvalue weighted by molar-refractivity contribution is 6.34. The lowest BCUT2D eigenvalue weighted by Gasteiger charge is -2.37. The average Bonchev–Trinajstić information content (AvgIpc) is 3.34.